The van der Waals surface area contributed by atoms with Crippen molar-refractivity contribution in [1.82, 2.24) is 24.5 Å². The van der Waals surface area contributed by atoms with Crippen molar-refractivity contribution in [3.63, 3.8) is 0 Å². The number of rotatable bonds is 10. The third-order valence-corrected chi connectivity index (χ3v) is 6.37. The molecule has 0 aliphatic carbocycles. The monoisotopic (exact) mass is 573 g/mol. The summed E-state index contributed by atoms with van der Waals surface area (Å²) in [7, 11) is 2.62. The summed E-state index contributed by atoms with van der Waals surface area (Å²) in [5.74, 6) is -1.28. The van der Waals surface area contributed by atoms with Crippen LogP contribution in [0.25, 0.3) is 28.0 Å². The largest absolute Gasteiger partial charge is 0.496 e. The molecule has 0 saturated heterocycles. The highest BCUT2D eigenvalue weighted by Gasteiger charge is 2.30. The van der Waals surface area contributed by atoms with Crippen LogP contribution < -0.4 is 14.8 Å². The number of amides is 1. The number of methoxy groups -OCH3 is 2. The number of imidazole rings is 1. The molecule has 0 spiro atoms. The van der Waals surface area contributed by atoms with Gasteiger partial charge in [-0.15, -0.1) is 0 Å². The van der Waals surface area contributed by atoms with E-state index in [1.165, 1.54) is 26.4 Å². The fourth-order valence-electron chi connectivity index (χ4n) is 4.48. The first-order valence-electron chi connectivity index (χ1n) is 12.8. The molecular weight excluding hydrogens is 543 g/mol. The lowest BCUT2D eigenvalue weighted by Gasteiger charge is -2.19. The number of hydrogen-bond acceptors (Lipinski definition) is 7. The molecule has 1 unspecified atom stereocenters. The molecule has 10 nitrogen and oxygen atoms in total. The summed E-state index contributed by atoms with van der Waals surface area (Å²) in [6.07, 6.45) is 2.31. The van der Waals surface area contributed by atoms with Gasteiger partial charge in [-0.2, -0.15) is 18.3 Å². The fraction of sp³-hybridized carbons (Fsp3) is 0.357. The van der Waals surface area contributed by atoms with Crippen molar-refractivity contribution >= 4 is 17.5 Å². The Balaban J connectivity index is 1.67. The molecule has 0 radical (unpaired) electrons. The molecule has 1 aromatic carbocycles. The van der Waals surface area contributed by atoms with Gasteiger partial charge in [0.15, 0.2) is 6.04 Å². The first-order valence-corrected chi connectivity index (χ1v) is 12.8. The zero-order valence-electron chi connectivity index (χ0n) is 23.2. The van der Waals surface area contributed by atoms with Crippen LogP contribution in [0.2, 0.25) is 0 Å². The van der Waals surface area contributed by atoms with Gasteiger partial charge in [0.2, 0.25) is 0 Å². The van der Waals surface area contributed by atoms with Crippen LogP contribution in [0.1, 0.15) is 37.2 Å². The van der Waals surface area contributed by atoms with E-state index in [0.717, 1.165) is 11.1 Å². The van der Waals surface area contributed by atoms with Crippen LogP contribution in [0.3, 0.4) is 0 Å². The first kappa shape index (κ1) is 29.4. The van der Waals surface area contributed by atoms with Gasteiger partial charge >= 0.3 is 12.1 Å². The maximum atomic E-state index is 12.7. The molecule has 0 bridgehead atoms. The molecule has 41 heavy (non-hydrogen) atoms. The third-order valence-electron chi connectivity index (χ3n) is 6.37. The molecule has 3 aromatic heterocycles. The summed E-state index contributed by atoms with van der Waals surface area (Å²) in [6.45, 7) is 4.39. The summed E-state index contributed by atoms with van der Waals surface area (Å²) in [5.41, 5.74) is 3.24. The molecule has 4 aromatic rings. The number of carbonyl (C=O) groups is 2. The van der Waals surface area contributed by atoms with Crippen LogP contribution in [0.15, 0.2) is 49.1 Å². The van der Waals surface area contributed by atoms with Gasteiger partial charge < -0.3 is 19.5 Å². The molecule has 4 rings (SSSR count). The summed E-state index contributed by atoms with van der Waals surface area (Å²) in [4.78, 5) is 29.6. The molecule has 0 saturated carbocycles. The maximum absolute atomic E-state index is 12.7. The number of ether oxygens (including phenoxy) is 3. The van der Waals surface area contributed by atoms with Crippen molar-refractivity contribution in [3.8, 4) is 33.9 Å². The van der Waals surface area contributed by atoms with E-state index < -0.39 is 24.7 Å². The van der Waals surface area contributed by atoms with E-state index in [9.17, 15) is 22.8 Å². The fourth-order valence-corrected chi connectivity index (χ4v) is 4.48. The highest BCUT2D eigenvalue weighted by Crippen LogP contribution is 2.36. The minimum Gasteiger partial charge on any atom is -0.496 e. The molecule has 1 atom stereocenters. The summed E-state index contributed by atoms with van der Waals surface area (Å²) >= 11 is 0. The number of carbonyl (C=O) groups excluding carboxylic acids is 2. The molecule has 1 N–H and O–H groups in total. The van der Waals surface area contributed by atoms with Gasteiger partial charge in [-0.1, -0.05) is 13.8 Å². The van der Waals surface area contributed by atoms with Crippen LogP contribution in [0.5, 0.6) is 11.5 Å². The highest BCUT2D eigenvalue weighted by atomic mass is 19.4. The van der Waals surface area contributed by atoms with Gasteiger partial charge in [0, 0.05) is 23.5 Å². The van der Waals surface area contributed by atoms with Gasteiger partial charge in [-0.25, -0.2) is 9.78 Å². The zero-order chi connectivity index (χ0) is 29.9. The molecule has 1 amide bonds. The van der Waals surface area contributed by atoms with Crippen molar-refractivity contribution in [2.45, 2.75) is 33.0 Å². The van der Waals surface area contributed by atoms with Crippen molar-refractivity contribution in [1.29, 1.82) is 0 Å². The van der Waals surface area contributed by atoms with Crippen LogP contribution >= 0.6 is 0 Å². The molecule has 218 valence electrons. The van der Waals surface area contributed by atoms with E-state index in [-0.39, 0.29) is 35.6 Å². The Hall–Kier alpha value is -4.55. The van der Waals surface area contributed by atoms with Crippen LogP contribution in [0.4, 0.5) is 13.2 Å². The number of aromatic nitrogens is 4. The Morgan fingerprint density at radius 2 is 1.71 bits per heavy atom. The minimum absolute atomic E-state index is 0.0322. The standard InChI is InChI=1S/C28H30F3N5O5/c1-6-41-27(38)25(16(2)3)36-14-19(12-34-36)17-7-8-35-20(13-32-23(35)11-17)18-9-21(39-4)24(22(10-18)40-5)26(37)33-15-28(29,30)31/h7-14,16,25H,6,15H2,1-5H3,(H,33,37). The number of nitrogens with zero attached hydrogens (tertiary/aromatic N) is 4. The van der Waals surface area contributed by atoms with Gasteiger partial charge in [-0.05, 0) is 42.7 Å². The molecule has 13 heteroatoms. The number of fused-ring (bicyclic) bond motifs is 1. The summed E-state index contributed by atoms with van der Waals surface area (Å²) in [6, 6.07) is 6.23. The molecule has 0 aliphatic heterocycles. The van der Waals surface area contributed by atoms with Crippen LogP contribution in [-0.2, 0) is 9.53 Å². The second-order valence-corrected chi connectivity index (χ2v) is 9.49. The Labute approximate surface area is 234 Å². The van der Waals surface area contributed by atoms with E-state index in [4.69, 9.17) is 14.2 Å². The van der Waals surface area contributed by atoms with E-state index in [2.05, 4.69) is 10.1 Å². The Morgan fingerprint density at radius 1 is 1.02 bits per heavy atom. The lowest BCUT2D eigenvalue weighted by atomic mass is 10.0. The number of pyridine rings is 1. The predicted molar refractivity (Wildman–Crippen MR) is 144 cm³/mol. The maximum Gasteiger partial charge on any atom is 0.405 e. The first-order chi connectivity index (χ1) is 19.5. The van der Waals surface area contributed by atoms with E-state index in [0.29, 0.717) is 16.9 Å². The van der Waals surface area contributed by atoms with E-state index in [1.807, 2.05) is 31.3 Å². The molecule has 0 aliphatic rings. The van der Waals surface area contributed by atoms with Crippen molar-refractivity contribution < 1.29 is 37.0 Å². The van der Waals surface area contributed by atoms with Gasteiger partial charge in [-0.3, -0.25) is 13.9 Å². The second-order valence-electron chi connectivity index (χ2n) is 9.49. The number of nitrogens with one attached hydrogen (secondary N) is 1. The second kappa shape index (κ2) is 11.9. The lowest BCUT2D eigenvalue weighted by Crippen LogP contribution is -2.34. The quantitative estimate of drug-likeness (QED) is 0.268. The van der Waals surface area contributed by atoms with Crippen molar-refractivity contribution in [2.75, 3.05) is 27.4 Å². The lowest BCUT2D eigenvalue weighted by molar-refractivity contribution is -0.149. The average Bonchev–Trinajstić information content (AvgIpc) is 3.57. The van der Waals surface area contributed by atoms with Crippen molar-refractivity contribution in [3.05, 3.63) is 54.6 Å². The Bertz CT molecular complexity index is 1540. The smallest absolute Gasteiger partial charge is 0.405 e. The van der Waals surface area contributed by atoms with E-state index in [1.54, 1.807) is 40.8 Å². The number of halogens is 3. The summed E-state index contributed by atoms with van der Waals surface area (Å²) < 4.78 is 57.3. The third kappa shape index (κ3) is 6.28. The zero-order valence-corrected chi connectivity index (χ0v) is 23.2. The van der Waals surface area contributed by atoms with Gasteiger partial charge in [0.1, 0.15) is 29.3 Å². The van der Waals surface area contributed by atoms with Crippen molar-refractivity contribution in [2.24, 2.45) is 5.92 Å². The topological polar surface area (TPSA) is 109 Å². The summed E-state index contributed by atoms with van der Waals surface area (Å²) in [5, 5.41) is 6.25. The van der Waals surface area contributed by atoms with Gasteiger partial charge in [0.05, 0.1) is 38.9 Å². The number of hydrogen-bond donors (Lipinski definition) is 1. The van der Waals surface area contributed by atoms with Crippen LogP contribution in [0, 0.1) is 5.92 Å². The molecular formula is C28H30F3N5O5. The highest BCUT2D eigenvalue weighted by molar-refractivity contribution is 6.00. The number of esters is 1. The van der Waals surface area contributed by atoms with Crippen LogP contribution in [-0.4, -0.2) is 64.6 Å². The number of benzene rings is 1. The molecule has 3 heterocycles. The molecule has 0 fully saturated rings. The van der Waals surface area contributed by atoms with E-state index >= 15 is 0 Å². The Kier molecular flexibility index (Phi) is 8.55. The predicted octanol–water partition coefficient (Wildman–Crippen LogP) is 4.93. The normalized spacial score (nSPS) is 12.4. The Morgan fingerprint density at radius 3 is 2.29 bits per heavy atom. The number of alkyl halides is 3. The average molecular weight is 574 g/mol. The SMILES string of the molecule is CCOC(=O)C(C(C)C)n1cc(-c2ccn3c(-c4cc(OC)c(C(=O)NCC(F)(F)F)c(OC)c4)cnc3c2)cn1. The minimum atomic E-state index is -4.57. The van der Waals surface area contributed by atoms with Gasteiger partial charge in [0.25, 0.3) is 5.91 Å².